The number of aromatic amines is 1. The zero-order chi connectivity index (χ0) is 28.1. The Morgan fingerprint density at radius 3 is 2.55 bits per heavy atom. The van der Waals surface area contributed by atoms with Crippen LogP contribution in [-0.2, 0) is 4.79 Å². The second-order valence-electron chi connectivity index (χ2n) is 10.5. The van der Waals surface area contributed by atoms with E-state index in [2.05, 4.69) is 45.6 Å². The molecule has 0 atom stereocenters. The van der Waals surface area contributed by atoms with Crippen molar-refractivity contribution in [1.29, 1.82) is 0 Å². The summed E-state index contributed by atoms with van der Waals surface area (Å²) < 4.78 is 6.53. The third kappa shape index (κ3) is 4.70. The molecule has 12 heteroatoms. The van der Waals surface area contributed by atoms with Crippen LogP contribution in [-0.4, -0.2) is 95.3 Å². The molecular formula is C28H30Cl2N8O2. The molecular weight excluding hydrogens is 551 g/mol. The van der Waals surface area contributed by atoms with Crippen LogP contribution < -0.4 is 14.5 Å². The van der Waals surface area contributed by atoms with Crippen molar-refractivity contribution in [2.24, 2.45) is 0 Å². The highest BCUT2D eigenvalue weighted by atomic mass is 35.5. The Hall–Kier alpha value is -3.60. The van der Waals surface area contributed by atoms with Crippen LogP contribution in [0.1, 0.15) is 5.56 Å². The Bertz CT molecular complexity index is 1620. The number of nitrogens with one attached hydrogen (secondary N) is 1. The molecule has 0 radical (unpaired) electrons. The van der Waals surface area contributed by atoms with Crippen molar-refractivity contribution >= 4 is 62.7 Å². The van der Waals surface area contributed by atoms with Crippen molar-refractivity contribution < 1.29 is 9.53 Å². The summed E-state index contributed by atoms with van der Waals surface area (Å²) in [5.74, 6) is 2.29. The van der Waals surface area contributed by atoms with E-state index in [4.69, 9.17) is 37.9 Å². The standard InChI is InChI=1S/C28H30Cl2N8O2/c1-5-23(39)36-6-8-37(9-7-36)27-19-11-17(29)12-22(25(19)32-28(33-27)38-14-18(15-38)35(3)4)40-26-20-13-31-34-21(20)10-16(2)24(26)30/h5,10-13,18H,1,6-9,14-15H2,2-4H3,(H,31,34). The molecule has 2 saturated heterocycles. The van der Waals surface area contributed by atoms with Gasteiger partial charge in [-0.25, -0.2) is 4.98 Å². The zero-order valence-corrected chi connectivity index (χ0v) is 24.1. The Kier molecular flexibility index (Phi) is 6.93. The topological polar surface area (TPSA) is 93.7 Å². The van der Waals surface area contributed by atoms with Crippen LogP contribution in [0.25, 0.3) is 21.8 Å². The molecule has 6 rings (SSSR count). The highest BCUT2D eigenvalue weighted by molar-refractivity contribution is 6.34. The molecule has 2 aromatic heterocycles. The molecule has 0 saturated carbocycles. The number of nitrogens with zero attached hydrogens (tertiary/aromatic N) is 7. The smallest absolute Gasteiger partial charge is 0.246 e. The van der Waals surface area contributed by atoms with Crippen molar-refractivity contribution in [3.8, 4) is 11.5 Å². The second kappa shape index (κ2) is 10.4. The molecule has 1 N–H and O–H groups in total. The molecule has 2 aliphatic rings. The molecule has 208 valence electrons. The first kappa shape index (κ1) is 26.6. The number of benzene rings is 2. The van der Waals surface area contributed by atoms with E-state index in [1.807, 2.05) is 19.1 Å². The molecule has 0 aliphatic carbocycles. The van der Waals surface area contributed by atoms with Gasteiger partial charge in [0.05, 0.1) is 22.1 Å². The molecule has 2 fully saturated rings. The van der Waals surface area contributed by atoms with Gasteiger partial charge in [-0.1, -0.05) is 29.8 Å². The van der Waals surface area contributed by atoms with Gasteiger partial charge in [0.25, 0.3) is 0 Å². The third-order valence-electron chi connectivity index (χ3n) is 7.67. The number of likely N-dealkylation sites (N-methyl/N-ethyl adjacent to an activating group) is 1. The first-order valence-electron chi connectivity index (χ1n) is 13.1. The average molecular weight is 582 g/mol. The number of ether oxygens (including phenoxy) is 1. The lowest BCUT2D eigenvalue weighted by Gasteiger charge is -2.43. The molecule has 1 amide bonds. The molecule has 4 heterocycles. The van der Waals surface area contributed by atoms with Gasteiger partial charge in [-0.3, -0.25) is 9.89 Å². The van der Waals surface area contributed by atoms with E-state index in [1.165, 1.54) is 6.08 Å². The number of piperazine rings is 1. The molecule has 0 spiro atoms. The minimum absolute atomic E-state index is 0.0671. The number of halogens is 2. The Balaban J connectivity index is 1.46. The minimum atomic E-state index is -0.0671. The SMILES string of the molecule is C=CC(=O)N1CCN(c2nc(N3CC(N(C)C)C3)nc3c(Oc4c(Cl)c(C)cc5[nH]ncc45)cc(Cl)cc23)CC1. The summed E-state index contributed by atoms with van der Waals surface area (Å²) in [6.45, 7) is 9.56. The Morgan fingerprint density at radius 2 is 1.85 bits per heavy atom. The number of H-pyrrole nitrogens is 1. The lowest BCUT2D eigenvalue weighted by atomic mass is 10.1. The van der Waals surface area contributed by atoms with Gasteiger partial charge in [0.2, 0.25) is 11.9 Å². The maximum Gasteiger partial charge on any atom is 0.246 e. The zero-order valence-electron chi connectivity index (χ0n) is 22.6. The highest BCUT2D eigenvalue weighted by Crippen LogP contribution is 2.43. The fourth-order valence-electron chi connectivity index (χ4n) is 5.19. The summed E-state index contributed by atoms with van der Waals surface area (Å²) in [5.41, 5.74) is 2.32. The normalized spacial score (nSPS) is 16.2. The van der Waals surface area contributed by atoms with Crippen LogP contribution in [0.5, 0.6) is 11.5 Å². The van der Waals surface area contributed by atoms with Crippen LogP contribution in [0.2, 0.25) is 10.0 Å². The van der Waals surface area contributed by atoms with Crippen LogP contribution in [0, 0.1) is 6.92 Å². The van der Waals surface area contributed by atoms with E-state index in [-0.39, 0.29) is 5.91 Å². The van der Waals surface area contributed by atoms with Gasteiger partial charge in [0, 0.05) is 61.8 Å². The summed E-state index contributed by atoms with van der Waals surface area (Å²) in [5, 5.41) is 9.69. The fourth-order valence-corrected chi connectivity index (χ4v) is 5.59. The van der Waals surface area contributed by atoms with Gasteiger partial charge in [-0.15, -0.1) is 0 Å². The second-order valence-corrected chi connectivity index (χ2v) is 11.3. The largest absolute Gasteiger partial charge is 0.453 e. The fraction of sp³-hybridized carbons (Fsp3) is 0.357. The lowest BCUT2D eigenvalue weighted by molar-refractivity contribution is -0.126. The number of anilines is 2. The van der Waals surface area contributed by atoms with Gasteiger partial charge >= 0.3 is 0 Å². The molecule has 2 aromatic carbocycles. The number of amides is 1. The van der Waals surface area contributed by atoms with Crippen molar-refractivity contribution in [1.82, 2.24) is 30.0 Å². The van der Waals surface area contributed by atoms with Crippen molar-refractivity contribution in [3.63, 3.8) is 0 Å². The maximum atomic E-state index is 12.2. The quantitative estimate of drug-likeness (QED) is 0.333. The van der Waals surface area contributed by atoms with Gasteiger partial charge in [0.15, 0.2) is 11.5 Å². The number of fused-ring (bicyclic) bond motifs is 2. The van der Waals surface area contributed by atoms with Gasteiger partial charge in [0.1, 0.15) is 11.3 Å². The molecule has 40 heavy (non-hydrogen) atoms. The monoisotopic (exact) mass is 580 g/mol. The number of aromatic nitrogens is 4. The van der Waals surface area contributed by atoms with Gasteiger partial charge in [-0.2, -0.15) is 10.1 Å². The van der Waals surface area contributed by atoms with E-state index in [0.717, 1.165) is 40.8 Å². The molecule has 10 nitrogen and oxygen atoms in total. The highest BCUT2D eigenvalue weighted by Gasteiger charge is 2.32. The molecule has 2 aliphatic heterocycles. The lowest BCUT2D eigenvalue weighted by Crippen LogP contribution is -2.58. The number of hydrogen-bond donors (Lipinski definition) is 1. The van der Waals surface area contributed by atoms with Gasteiger partial charge < -0.3 is 24.3 Å². The third-order valence-corrected chi connectivity index (χ3v) is 8.36. The van der Waals surface area contributed by atoms with Crippen molar-refractivity contribution in [3.05, 3.63) is 52.7 Å². The first-order valence-corrected chi connectivity index (χ1v) is 13.9. The summed E-state index contributed by atoms with van der Waals surface area (Å²) in [6.07, 6.45) is 3.05. The maximum absolute atomic E-state index is 12.2. The molecule has 0 unspecified atom stereocenters. The van der Waals surface area contributed by atoms with Gasteiger partial charge in [-0.05, 0) is 44.8 Å². The summed E-state index contributed by atoms with van der Waals surface area (Å²) in [7, 11) is 4.16. The van der Waals surface area contributed by atoms with Crippen LogP contribution in [0.3, 0.4) is 0 Å². The predicted molar refractivity (Wildman–Crippen MR) is 159 cm³/mol. The van der Waals surface area contributed by atoms with E-state index < -0.39 is 0 Å². The minimum Gasteiger partial charge on any atom is -0.453 e. The predicted octanol–water partition coefficient (Wildman–Crippen LogP) is 4.50. The number of hydrogen-bond acceptors (Lipinski definition) is 8. The van der Waals surface area contributed by atoms with E-state index in [1.54, 1.807) is 17.2 Å². The Morgan fingerprint density at radius 1 is 1.10 bits per heavy atom. The number of carbonyl (C=O) groups is 1. The van der Waals surface area contributed by atoms with E-state index in [9.17, 15) is 4.79 Å². The van der Waals surface area contributed by atoms with E-state index in [0.29, 0.717) is 65.2 Å². The summed E-state index contributed by atoms with van der Waals surface area (Å²) in [4.78, 5) is 30.6. The van der Waals surface area contributed by atoms with Crippen LogP contribution in [0.4, 0.5) is 11.8 Å². The van der Waals surface area contributed by atoms with Crippen LogP contribution in [0.15, 0.2) is 37.1 Å². The number of aryl methyl sites for hydroxylation is 1. The number of carbonyl (C=O) groups excluding carboxylic acids is 1. The number of rotatable bonds is 6. The summed E-state index contributed by atoms with van der Waals surface area (Å²) >= 11 is 13.4. The Labute approximate surface area is 242 Å². The van der Waals surface area contributed by atoms with Crippen molar-refractivity contribution in [2.45, 2.75) is 13.0 Å². The molecule has 4 aromatic rings. The average Bonchev–Trinajstić information content (AvgIpc) is 3.37. The van der Waals surface area contributed by atoms with Crippen molar-refractivity contribution in [2.75, 3.05) is 63.2 Å². The first-order chi connectivity index (χ1) is 19.2. The summed E-state index contributed by atoms with van der Waals surface area (Å²) in [6, 6.07) is 5.99. The van der Waals surface area contributed by atoms with E-state index >= 15 is 0 Å². The van der Waals surface area contributed by atoms with Crippen LogP contribution >= 0.6 is 23.2 Å². The molecule has 0 bridgehead atoms.